The summed E-state index contributed by atoms with van der Waals surface area (Å²) in [6, 6.07) is 0. The smallest absolute Gasteiger partial charge is 0.0149 e. The molecule has 0 aliphatic heterocycles. The lowest BCUT2D eigenvalue weighted by atomic mass is 9.76. The Balaban J connectivity index is 2.30. The average molecular weight is 164 g/mol. The van der Waals surface area contributed by atoms with Crippen molar-refractivity contribution in [3.63, 3.8) is 0 Å². The highest BCUT2D eigenvalue weighted by Crippen LogP contribution is 2.53. The van der Waals surface area contributed by atoms with Crippen LogP contribution in [0.3, 0.4) is 0 Å². The van der Waals surface area contributed by atoms with Crippen LogP contribution < -0.4 is 0 Å². The van der Waals surface area contributed by atoms with Crippen LogP contribution in [0.4, 0.5) is 0 Å². The van der Waals surface area contributed by atoms with Crippen LogP contribution >= 0.6 is 0 Å². The Morgan fingerprint density at radius 2 is 2.17 bits per heavy atom. The summed E-state index contributed by atoms with van der Waals surface area (Å²) in [7, 11) is 0. The average Bonchev–Trinajstić information content (AvgIpc) is 2.25. The van der Waals surface area contributed by atoms with Crippen LogP contribution in [0.2, 0.25) is 0 Å². The van der Waals surface area contributed by atoms with E-state index in [1.807, 2.05) is 0 Å². The monoisotopic (exact) mass is 164 g/mol. The maximum atomic E-state index is 2.52. The molecule has 0 heterocycles. The van der Waals surface area contributed by atoms with Crippen LogP contribution in [0, 0.1) is 17.3 Å². The van der Waals surface area contributed by atoms with Gasteiger partial charge in [-0.3, -0.25) is 0 Å². The van der Waals surface area contributed by atoms with Crippen molar-refractivity contribution in [2.45, 2.75) is 46.5 Å². The lowest BCUT2D eigenvalue weighted by Crippen LogP contribution is -2.19. The SMILES string of the molecule is CC1CC(C)(C)C2CCCC=C12. The van der Waals surface area contributed by atoms with E-state index in [0.717, 1.165) is 11.8 Å². The number of hydrogen-bond donors (Lipinski definition) is 0. The normalized spacial score (nSPS) is 39.1. The van der Waals surface area contributed by atoms with Crippen LogP contribution in [0.5, 0.6) is 0 Å². The third-order valence-electron chi connectivity index (χ3n) is 3.82. The Bertz CT molecular complexity index is 210. The quantitative estimate of drug-likeness (QED) is 0.478. The van der Waals surface area contributed by atoms with Crippen molar-refractivity contribution in [3.05, 3.63) is 11.6 Å². The molecular weight excluding hydrogens is 144 g/mol. The van der Waals surface area contributed by atoms with Gasteiger partial charge in [0.05, 0.1) is 0 Å². The maximum Gasteiger partial charge on any atom is -0.0149 e. The molecule has 0 nitrogen and oxygen atoms in total. The van der Waals surface area contributed by atoms with Gasteiger partial charge in [-0.1, -0.05) is 32.4 Å². The largest absolute Gasteiger partial charge is 0.0848 e. The molecular formula is C12H20. The first kappa shape index (κ1) is 8.34. The lowest BCUT2D eigenvalue weighted by molar-refractivity contribution is 0.255. The van der Waals surface area contributed by atoms with Crippen LogP contribution in [-0.4, -0.2) is 0 Å². The molecule has 2 aliphatic rings. The predicted molar refractivity (Wildman–Crippen MR) is 53.0 cm³/mol. The molecule has 0 N–H and O–H groups in total. The molecule has 0 radical (unpaired) electrons. The third kappa shape index (κ3) is 1.12. The molecule has 12 heavy (non-hydrogen) atoms. The second-order valence-corrected chi connectivity index (χ2v) is 5.28. The standard InChI is InChI=1S/C12H20/c1-9-8-12(2,3)11-7-5-4-6-10(9)11/h6,9,11H,4-5,7-8H2,1-3H3. The van der Waals surface area contributed by atoms with Crippen LogP contribution in [0.25, 0.3) is 0 Å². The van der Waals surface area contributed by atoms with E-state index in [1.165, 1.54) is 25.7 Å². The summed E-state index contributed by atoms with van der Waals surface area (Å²) in [5, 5.41) is 0. The number of allylic oxidation sites excluding steroid dienone is 2. The van der Waals surface area contributed by atoms with E-state index in [2.05, 4.69) is 26.8 Å². The Hall–Kier alpha value is -0.260. The van der Waals surface area contributed by atoms with Gasteiger partial charge in [-0.25, -0.2) is 0 Å². The molecule has 2 atom stereocenters. The Labute approximate surface area is 76.1 Å². The molecule has 2 rings (SSSR count). The topological polar surface area (TPSA) is 0 Å². The van der Waals surface area contributed by atoms with Gasteiger partial charge >= 0.3 is 0 Å². The second-order valence-electron chi connectivity index (χ2n) is 5.28. The molecule has 68 valence electrons. The summed E-state index contributed by atoms with van der Waals surface area (Å²) < 4.78 is 0. The second kappa shape index (κ2) is 2.61. The summed E-state index contributed by atoms with van der Waals surface area (Å²) in [5.41, 5.74) is 2.37. The fourth-order valence-corrected chi connectivity index (χ4v) is 3.34. The zero-order valence-corrected chi connectivity index (χ0v) is 8.56. The van der Waals surface area contributed by atoms with Crippen molar-refractivity contribution in [2.75, 3.05) is 0 Å². The summed E-state index contributed by atoms with van der Waals surface area (Å²) in [6.45, 7) is 7.29. The van der Waals surface area contributed by atoms with E-state index in [-0.39, 0.29) is 0 Å². The van der Waals surface area contributed by atoms with Gasteiger partial charge in [0.1, 0.15) is 0 Å². The van der Waals surface area contributed by atoms with Gasteiger partial charge in [-0.05, 0) is 42.9 Å². The van der Waals surface area contributed by atoms with Crippen LogP contribution in [0.15, 0.2) is 11.6 Å². The van der Waals surface area contributed by atoms with Gasteiger partial charge in [-0.2, -0.15) is 0 Å². The van der Waals surface area contributed by atoms with Crippen molar-refractivity contribution in [2.24, 2.45) is 17.3 Å². The van der Waals surface area contributed by atoms with Crippen molar-refractivity contribution in [1.29, 1.82) is 0 Å². The van der Waals surface area contributed by atoms with Crippen molar-refractivity contribution >= 4 is 0 Å². The molecule has 1 fully saturated rings. The summed E-state index contributed by atoms with van der Waals surface area (Å²) >= 11 is 0. The molecule has 0 aromatic carbocycles. The zero-order valence-electron chi connectivity index (χ0n) is 8.56. The highest BCUT2D eigenvalue weighted by molar-refractivity contribution is 5.21. The highest BCUT2D eigenvalue weighted by Gasteiger charge is 2.42. The minimum absolute atomic E-state index is 0.589. The molecule has 1 saturated carbocycles. The molecule has 0 bridgehead atoms. The van der Waals surface area contributed by atoms with Gasteiger partial charge in [0.2, 0.25) is 0 Å². The number of rotatable bonds is 0. The van der Waals surface area contributed by atoms with Gasteiger partial charge in [-0.15, -0.1) is 0 Å². The highest BCUT2D eigenvalue weighted by atomic mass is 14.5. The summed E-state index contributed by atoms with van der Waals surface area (Å²) in [4.78, 5) is 0. The van der Waals surface area contributed by atoms with E-state index < -0.39 is 0 Å². The van der Waals surface area contributed by atoms with E-state index in [1.54, 1.807) is 5.57 Å². The molecule has 0 saturated heterocycles. The molecule has 0 spiro atoms. The summed E-state index contributed by atoms with van der Waals surface area (Å²) in [6.07, 6.45) is 8.14. The predicted octanol–water partition coefficient (Wildman–Crippen LogP) is 3.78. The molecule has 0 heteroatoms. The van der Waals surface area contributed by atoms with E-state index in [0.29, 0.717) is 5.41 Å². The van der Waals surface area contributed by atoms with Crippen LogP contribution in [0.1, 0.15) is 46.5 Å². The zero-order chi connectivity index (χ0) is 8.77. The fraction of sp³-hybridized carbons (Fsp3) is 0.833. The van der Waals surface area contributed by atoms with E-state index in [9.17, 15) is 0 Å². The van der Waals surface area contributed by atoms with Gasteiger partial charge in [0, 0.05) is 0 Å². The Kier molecular flexibility index (Phi) is 1.82. The minimum Gasteiger partial charge on any atom is -0.0848 e. The summed E-state index contributed by atoms with van der Waals surface area (Å²) in [5.74, 6) is 1.78. The molecule has 0 amide bonds. The van der Waals surface area contributed by atoms with Gasteiger partial charge in [0.15, 0.2) is 0 Å². The maximum absolute atomic E-state index is 2.52. The molecule has 0 aromatic rings. The molecule has 2 unspecified atom stereocenters. The number of fused-ring (bicyclic) bond motifs is 1. The first-order chi connectivity index (χ1) is 5.61. The van der Waals surface area contributed by atoms with Crippen LogP contribution in [-0.2, 0) is 0 Å². The lowest BCUT2D eigenvalue weighted by Gasteiger charge is -2.29. The minimum atomic E-state index is 0.589. The van der Waals surface area contributed by atoms with Gasteiger partial charge < -0.3 is 0 Å². The van der Waals surface area contributed by atoms with E-state index >= 15 is 0 Å². The third-order valence-corrected chi connectivity index (χ3v) is 3.82. The first-order valence-electron chi connectivity index (χ1n) is 5.31. The van der Waals surface area contributed by atoms with Crippen molar-refractivity contribution in [3.8, 4) is 0 Å². The van der Waals surface area contributed by atoms with Crippen molar-refractivity contribution in [1.82, 2.24) is 0 Å². The Morgan fingerprint density at radius 3 is 2.83 bits per heavy atom. The fourth-order valence-electron chi connectivity index (χ4n) is 3.34. The molecule has 2 aliphatic carbocycles. The Morgan fingerprint density at radius 1 is 1.42 bits per heavy atom. The van der Waals surface area contributed by atoms with Gasteiger partial charge in [0.25, 0.3) is 0 Å². The van der Waals surface area contributed by atoms with Crippen molar-refractivity contribution < 1.29 is 0 Å². The van der Waals surface area contributed by atoms with E-state index in [4.69, 9.17) is 0 Å². The number of hydrogen-bond acceptors (Lipinski definition) is 0. The first-order valence-corrected chi connectivity index (χ1v) is 5.31. The molecule has 0 aromatic heterocycles.